The second kappa shape index (κ2) is 8.94. The van der Waals surface area contributed by atoms with Crippen molar-refractivity contribution in [1.29, 1.82) is 0 Å². The second-order valence-electron chi connectivity index (χ2n) is 7.82. The number of anilines is 2. The van der Waals surface area contributed by atoms with Crippen molar-refractivity contribution in [2.45, 2.75) is 13.5 Å². The molecule has 0 atom stereocenters. The molecule has 0 aliphatic carbocycles. The largest absolute Gasteiger partial charge is 0.493 e. The predicted molar refractivity (Wildman–Crippen MR) is 136 cm³/mol. The topological polar surface area (TPSA) is 70.4 Å². The summed E-state index contributed by atoms with van der Waals surface area (Å²) < 4.78 is 18.7. The van der Waals surface area contributed by atoms with Gasteiger partial charge in [-0.1, -0.05) is 18.2 Å². The molecule has 2 aromatic heterocycles. The summed E-state index contributed by atoms with van der Waals surface area (Å²) in [6, 6.07) is 20.6. The zero-order valence-electron chi connectivity index (χ0n) is 19.6. The zero-order valence-corrected chi connectivity index (χ0v) is 19.6. The van der Waals surface area contributed by atoms with Crippen molar-refractivity contribution in [3.05, 3.63) is 67.0 Å². The van der Waals surface area contributed by atoms with Gasteiger partial charge in [0.1, 0.15) is 12.1 Å². The number of ether oxygens (including phenoxy) is 3. The van der Waals surface area contributed by atoms with Crippen LogP contribution in [0.25, 0.3) is 33.1 Å². The van der Waals surface area contributed by atoms with Crippen LogP contribution in [0.1, 0.15) is 6.92 Å². The SMILES string of the molecule is CCn1c2ccccc2c2cc(Nc3cc(-c4cc(OC)c(OC)c(OC)c4)ncn3)ccc21. The number of methoxy groups -OCH3 is 3. The lowest BCUT2D eigenvalue weighted by Gasteiger charge is -2.14. The fourth-order valence-corrected chi connectivity index (χ4v) is 4.43. The summed E-state index contributed by atoms with van der Waals surface area (Å²) in [7, 11) is 4.78. The Morgan fingerprint density at radius 3 is 2.24 bits per heavy atom. The average Bonchev–Trinajstić information content (AvgIpc) is 3.20. The molecule has 0 bridgehead atoms. The van der Waals surface area contributed by atoms with Crippen LogP contribution in [-0.2, 0) is 6.54 Å². The number of nitrogens with zero attached hydrogens (tertiary/aromatic N) is 3. The molecule has 0 radical (unpaired) electrons. The van der Waals surface area contributed by atoms with Gasteiger partial charge in [0, 0.05) is 45.7 Å². The molecule has 0 saturated heterocycles. The molecule has 34 heavy (non-hydrogen) atoms. The number of fused-ring (bicyclic) bond motifs is 3. The van der Waals surface area contributed by atoms with Crippen LogP contribution < -0.4 is 19.5 Å². The van der Waals surface area contributed by atoms with Gasteiger partial charge in [-0.25, -0.2) is 9.97 Å². The number of aryl methyl sites for hydroxylation is 1. The Morgan fingerprint density at radius 1 is 0.794 bits per heavy atom. The van der Waals surface area contributed by atoms with Crippen LogP contribution in [0.5, 0.6) is 17.2 Å². The van der Waals surface area contributed by atoms with Gasteiger partial charge in [0.25, 0.3) is 0 Å². The molecule has 0 amide bonds. The third-order valence-electron chi connectivity index (χ3n) is 5.99. The Bertz CT molecular complexity index is 1470. The molecule has 7 heteroatoms. The van der Waals surface area contributed by atoms with E-state index in [0.717, 1.165) is 23.5 Å². The summed E-state index contributed by atoms with van der Waals surface area (Å²) >= 11 is 0. The number of hydrogen-bond donors (Lipinski definition) is 1. The predicted octanol–water partition coefficient (Wildman–Crippen LogP) is 6.04. The minimum Gasteiger partial charge on any atom is -0.493 e. The average molecular weight is 455 g/mol. The molecule has 0 fully saturated rings. The number of nitrogens with one attached hydrogen (secondary N) is 1. The molecule has 7 nitrogen and oxygen atoms in total. The summed E-state index contributed by atoms with van der Waals surface area (Å²) in [5, 5.41) is 5.88. The first-order valence-corrected chi connectivity index (χ1v) is 11.1. The highest BCUT2D eigenvalue weighted by Gasteiger charge is 2.15. The van der Waals surface area contributed by atoms with E-state index in [2.05, 4.69) is 69.2 Å². The third kappa shape index (κ3) is 3.65. The Morgan fingerprint density at radius 2 is 1.53 bits per heavy atom. The van der Waals surface area contributed by atoms with Crippen molar-refractivity contribution in [2.24, 2.45) is 0 Å². The first-order chi connectivity index (χ1) is 16.7. The molecule has 3 aromatic carbocycles. The van der Waals surface area contributed by atoms with E-state index in [1.807, 2.05) is 18.2 Å². The van der Waals surface area contributed by atoms with E-state index in [4.69, 9.17) is 14.2 Å². The molecule has 1 N–H and O–H groups in total. The van der Waals surface area contributed by atoms with Crippen molar-refractivity contribution in [2.75, 3.05) is 26.6 Å². The highest BCUT2D eigenvalue weighted by molar-refractivity contribution is 6.09. The molecule has 172 valence electrons. The van der Waals surface area contributed by atoms with Crippen molar-refractivity contribution < 1.29 is 14.2 Å². The number of benzene rings is 3. The lowest BCUT2D eigenvalue weighted by Crippen LogP contribution is -1.98. The summed E-state index contributed by atoms with van der Waals surface area (Å²) in [5.74, 6) is 2.38. The van der Waals surface area contributed by atoms with E-state index in [-0.39, 0.29) is 0 Å². The fourth-order valence-electron chi connectivity index (χ4n) is 4.43. The number of rotatable bonds is 7. The van der Waals surface area contributed by atoms with Crippen molar-refractivity contribution in [3.8, 4) is 28.5 Å². The third-order valence-corrected chi connectivity index (χ3v) is 5.99. The second-order valence-corrected chi connectivity index (χ2v) is 7.82. The summed E-state index contributed by atoms with van der Waals surface area (Å²) in [4.78, 5) is 8.88. The van der Waals surface area contributed by atoms with Gasteiger partial charge in [-0.3, -0.25) is 0 Å². The first-order valence-electron chi connectivity index (χ1n) is 11.1. The van der Waals surface area contributed by atoms with Crippen LogP contribution in [0.2, 0.25) is 0 Å². The maximum absolute atomic E-state index is 5.49. The smallest absolute Gasteiger partial charge is 0.203 e. The van der Waals surface area contributed by atoms with Crippen molar-refractivity contribution >= 4 is 33.3 Å². The molecule has 5 rings (SSSR count). The maximum atomic E-state index is 5.49. The highest BCUT2D eigenvalue weighted by atomic mass is 16.5. The van der Waals surface area contributed by atoms with Gasteiger partial charge in [0.05, 0.1) is 27.0 Å². The molecule has 0 saturated carbocycles. The minimum atomic E-state index is 0.542. The van der Waals surface area contributed by atoms with E-state index in [1.165, 1.54) is 21.8 Å². The van der Waals surface area contributed by atoms with Crippen LogP contribution in [-0.4, -0.2) is 35.9 Å². The van der Waals surface area contributed by atoms with Gasteiger partial charge in [-0.15, -0.1) is 0 Å². The van der Waals surface area contributed by atoms with E-state index >= 15 is 0 Å². The van der Waals surface area contributed by atoms with Gasteiger partial charge in [0.15, 0.2) is 11.5 Å². The van der Waals surface area contributed by atoms with E-state index in [9.17, 15) is 0 Å². The van der Waals surface area contributed by atoms with Crippen LogP contribution in [0.3, 0.4) is 0 Å². The summed E-state index contributed by atoms with van der Waals surface area (Å²) in [5.41, 5.74) is 4.99. The van der Waals surface area contributed by atoms with E-state index in [1.54, 1.807) is 27.7 Å². The molecule has 0 spiro atoms. The van der Waals surface area contributed by atoms with Crippen molar-refractivity contribution in [1.82, 2.24) is 14.5 Å². The molecule has 5 aromatic rings. The van der Waals surface area contributed by atoms with Gasteiger partial charge >= 0.3 is 0 Å². The Hall–Kier alpha value is -4.26. The number of hydrogen-bond acceptors (Lipinski definition) is 6. The first kappa shape index (κ1) is 21.6. The zero-order chi connectivity index (χ0) is 23.7. The monoisotopic (exact) mass is 454 g/mol. The Balaban J connectivity index is 1.52. The number of aromatic nitrogens is 3. The van der Waals surface area contributed by atoms with E-state index in [0.29, 0.717) is 23.1 Å². The van der Waals surface area contributed by atoms with E-state index < -0.39 is 0 Å². The molecule has 0 unspecified atom stereocenters. The van der Waals surface area contributed by atoms with Crippen molar-refractivity contribution in [3.63, 3.8) is 0 Å². The van der Waals surface area contributed by atoms with Gasteiger partial charge in [-0.2, -0.15) is 0 Å². The lowest BCUT2D eigenvalue weighted by molar-refractivity contribution is 0.324. The minimum absolute atomic E-state index is 0.542. The maximum Gasteiger partial charge on any atom is 0.203 e. The van der Waals surface area contributed by atoms with Gasteiger partial charge in [-0.05, 0) is 43.3 Å². The molecular weight excluding hydrogens is 428 g/mol. The van der Waals surface area contributed by atoms with Crippen LogP contribution in [0, 0.1) is 0 Å². The van der Waals surface area contributed by atoms with Gasteiger partial charge in [0.2, 0.25) is 5.75 Å². The number of para-hydroxylation sites is 1. The Labute approximate surface area is 197 Å². The van der Waals surface area contributed by atoms with Crippen LogP contribution in [0.15, 0.2) is 67.0 Å². The quantitative estimate of drug-likeness (QED) is 0.323. The van der Waals surface area contributed by atoms with Crippen LogP contribution >= 0.6 is 0 Å². The molecule has 0 aliphatic rings. The summed E-state index contributed by atoms with van der Waals surface area (Å²) in [6.07, 6.45) is 1.54. The highest BCUT2D eigenvalue weighted by Crippen LogP contribution is 2.41. The van der Waals surface area contributed by atoms with Crippen LogP contribution in [0.4, 0.5) is 11.5 Å². The van der Waals surface area contributed by atoms with Gasteiger partial charge < -0.3 is 24.1 Å². The Kier molecular flexibility index (Phi) is 5.67. The molecular formula is C27H26N4O3. The normalized spacial score (nSPS) is 11.1. The fraction of sp³-hybridized carbons (Fsp3) is 0.185. The summed E-state index contributed by atoms with van der Waals surface area (Å²) in [6.45, 7) is 3.09. The molecule has 0 aliphatic heterocycles. The lowest BCUT2D eigenvalue weighted by atomic mass is 10.1. The standard InChI is InChI=1S/C27H26N4O3/c1-5-31-22-9-7-6-8-19(22)20-14-18(10-11-23(20)31)30-26-15-21(28-16-29-26)17-12-24(32-2)27(34-4)25(13-17)33-3/h6-16H,5H2,1-4H3,(H,28,29,30). The molecule has 2 heterocycles.